The van der Waals surface area contributed by atoms with Crippen LogP contribution in [0.15, 0.2) is 54.6 Å². The van der Waals surface area contributed by atoms with E-state index >= 15 is 0 Å². The molecule has 1 aliphatic rings. The fourth-order valence-electron chi connectivity index (χ4n) is 3.25. The predicted octanol–water partition coefficient (Wildman–Crippen LogP) is 4.10. The summed E-state index contributed by atoms with van der Waals surface area (Å²) in [7, 11) is 0. The summed E-state index contributed by atoms with van der Waals surface area (Å²) in [6.45, 7) is 2.02. The van der Waals surface area contributed by atoms with Gasteiger partial charge in [0.15, 0.2) is 0 Å². The Hall–Kier alpha value is -3.65. The molecule has 2 aromatic carbocycles. The van der Waals surface area contributed by atoms with Crippen LogP contribution in [-0.2, 0) is 9.59 Å². The van der Waals surface area contributed by atoms with Crippen molar-refractivity contribution in [1.29, 1.82) is 0 Å². The lowest BCUT2D eigenvalue weighted by atomic mass is 10.0. The molecule has 31 heavy (non-hydrogen) atoms. The number of aromatic nitrogens is 3. The quantitative estimate of drug-likeness (QED) is 0.535. The molecule has 9 heteroatoms. The fraction of sp³-hybridized carbons (Fsp3) is 0.182. The van der Waals surface area contributed by atoms with E-state index in [0.717, 1.165) is 22.4 Å². The Morgan fingerprint density at radius 3 is 2.52 bits per heavy atom. The number of rotatable bonds is 6. The molecular formula is C22H20ClN5O3. The first-order valence-corrected chi connectivity index (χ1v) is 10.1. The number of aliphatic carboxylic acids is 1. The van der Waals surface area contributed by atoms with Crippen molar-refractivity contribution >= 4 is 41.1 Å². The van der Waals surface area contributed by atoms with Crippen molar-refractivity contribution in [3.8, 4) is 0 Å². The molecule has 0 saturated heterocycles. The molecule has 1 atom stereocenters. The van der Waals surface area contributed by atoms with Gasteiger partial charge in [-0.15, -0.1) is 5.10 Å². The number of hydrogen-bond donors (Lipinski definition) is 3. The lowest BCUT2D eigenvalue weighted by Crippen LogP contribution is -2.20. The van der Waals surface area contributed by atoms with Crippen LogP contribution in [0.5, 0.6) is 0 Å². The first kappa shape index (κ1) is 20.6. The molecule has 1 aromatic heterocycles. The summed E-state index contributed by atoms with van der Waals surface area (Å²) >= 11 is 6.02. The summed E-state index contributed by atoms with van der Waals surface area (Å²) in [5.74, 6) is -0.916. The molecule has 2 heterocycles. The van der Waals surface area contributed by atoms with Crippen molar-refractivity contribution in [3.63, 3.8) is 0 Å². The maximum atomic E-state index is 12.0. The van der Waals surface area contributed by atoms with E-state index in [1.807, 2.05) is 61.5 Å². The zero-order chi connectivity index (χ0) is 22.0. The van der Waals surface area contributed by atoms with Gasteiger partial charge in [-0.25, -0.2) is 4.68 Å². The Morgan fingerprint density at radius 1 is 1.13 bits per heavy atom. The second-order valence-electron chi connectivity index (χ2n) is 7.21. The lowest BCUT2D eigenvalue weighted by Gasteiger charge is -2.24. The molecule has 3 N–H and O–H groups in total. The summed E-state index contributed by atoms with van der Waals surface area (Å²) in [4.78, 5) is 27.1. The zero-order valence-corrected chi connectivity index (χ0v) is 17.4. The molecule has 0 bridgehead atoms. The summed E-state index contributed by atoms with van der Waals surface area (Å²) in [5, 5.41) is 19.7. The number of amides is 1. The first-order chi connectivity index (χ1) is 14.9. The molecule has 158 valence electrons. The third kappa shape index (κ3) is 4.75. The summed E-state index contributed by atoms with van der Waals surface area (Å²) < 4.78 is 1.69. The van der Waals surface area contributed by atoms with Crippen molar-refractivity contribution in [3.05, 3.63) is 76.3 Å². The van der Waals surface area contributed by atoms with Gasteiger partial charge in [-0.3, -0.25) is 14.9 Å². The van der Waals surface area contributed by atoms with Crippen LogP contribution in [0.4, 0.5) is 11.9 Å². The smallest absolute Gasteiger partial charge is 0.303 e. The van der Waals surface area contributed by atoms with Crippen LogP contribution in [0.3, 0.4) is 0 Å². The Balaban J connectivity index is 1.67. The number of anilines is 2. The molecule has 4 rings (SSSR count). The number of carboxylic acids is 1. The number of hydrogen-bond acceptors (Lipinski definition) is 5. The minimum Gasteiger partial charge on any atom is -0.481 e. The monoisotopic (exact) mass is 437 g/mol. The van der Waals surface area contributed by atoms with E-state index in [-0.39, 0.29) is 24.8 Å². The highest BCUT2D eigenvalue weighted by Crippen LogP contribution is 2.33. The van der Waals surface area contributed by atoms with Crippen LogP contribution in [0.2, 0.25) is 5.02 Å². The van der Waals surface area contributed by atoms with Gasteiger partial charge >= 0.3 is 5.97 Å². The van der Waals surface area contributed by atoms with Gasteiger partial charge in [0.05, 0.1) is 6.42 Å². The Labute approximate surface area is 183 Å². The topological polar surface area (TPSA) is 109 Å². The molecule has 8 nitrogen and oxygen atoms in total. The van der Waals surface area contributed by atoms with Crippen LogP contribution in [-0.4, -0.2) is 31.7 Å². The van der Waals surface area contributed by atoms with E-state index in [2.05, 4.69) is 20.7 Å². The number of carbonyl (C=O) groups is 2. The van der Waals surface area contributed by atoms with Gasteiger partial charge in [-0.05, 0) is 36.3 Å². The van der Waals surface area contributed by atoms with E-state index in [0.29, 0.717) is 11.0 Å². The minimum atomic E-state index is -1.04. The van der Waals surface area contributed by atoms with Gasteiger partial charge in [0, 0.05) is 17.1 Å². The van der Waals surface area contributed by atoms with E-state index in [1.54, 1.807) is 4.68 Å². The number of benzene rings is 2. The molecule has 0 spiro atoms. The number of allylic oxidation sites excluding steroid dienone is 1. The van der Waals surface area contributed by atoms with E-state index in [4.69, 9.17) is 16.7 Å². The van der Waals surface area contributed by atoms with Gasteiger partial charge in [0.1, 0.15) is 6.04 Å². The van der Waals surface area contributed by atoms with Crippen LogP contribution in [0, 0.1) is 6.92 Å². The van der Waals surface area contributed by atoms with Gasteiger partial charge < -0.3 is 10.4 Å². The molecule has 3 aromatic rings. The number of nitrogens with zero attached hydrogens (tertiary/aromatic N) is 3. The highest BCUT2D eigenvalue weighted by Gasteiger charge is 2.26. The van der Waals surface area contributed by atoms with Crippen molar-refractivity contribution in [2.24, 2.45) is 0 Å². The zero-order valence-electron chi connectivity index (χ0n) is 16.7. The number of fused-ring (bicyclic) bond motifs is 1. The molecule has 1 amide bonds. The third-order valence-electron chi connectivity index (χ3n) is 4.86. The van der Waals surface area contributed by atoms with Crippen molar-refractivity contribution in [2.45, 2.75) is 25.8 Å². The van der Waals surface area contributed by atoms with Crippen LogP contribution < -0.4 is 10.6 Å². The molecule has 0 radical (unpaired) electrons. The fourth-order valence-corrected chi connectivity index (χ4v) is 3.38. The van der Waals surface area contributed by atoms with Gasteiger partial charge in [-0.2, -0.15) is 4.98 Å². The molecule has 0 fully saturated rings. The average molecular weight is 438 g/mol. The third-order valence-corrected chi connectivity index (χ3v) is 5.11. The molecule has 1 unspecified atom stereocenters. The summed E-state index contributed by atoms with van der Waals surface area (Å²) in [6, 6.07) is 15.3. The Bertz CT molecular complexity index is 1150. The molecular weight excluding hydrogens is 418 g/mol. The molecule has 0 saturated carbocycles. The van der Waals surface area contributed by atoms with Crippen molar-refractivity contribution in [1.82, 2.24) is 14.8 Å². The number of carboxylic acid groups (broad SMARTS) is 1. The van der Waals surface area contributed by atoms with Crippen LogP contribution in [0.25, 0.3) is 5.70 Å². The Kier molecular flexibility index (Phi) is 5.73. The largest absolute Gasteiger partial charge is 0.481 e. The normalized spacial score (nSPS) is 14.9. The first-order valence-electron chi connectivity index (χ1n) is 9.68. The number of nitrogens with one attached hydrogen (secondary N) is 2. The number of halogens is 1. The maximum absolute atomic E-state index is 12.0. The highest BCUT2D eigenvalue weighted by molar-refractivity contribution is 6.30. The molecule has 1 aliphatic heterocycles. The average Bonchev–Trinajstić information content (AvgIpc) is 3.15. The second-order valence-corrected chi connectivity index (χ2v) is 7.65. The van der Waals surface area contributed by atoms with E-state index < -0.39 is 11.9 Å². The Morgan fingerprint density at radius 2 is 1.84 bits per heavy atom. The van der Waals surface area contributed by atoms with Crippen LogP contribution in [0.1, 0.15) is 35.6 Å². The van der Waals surface area contributed by atoms with Crippen molar-refractivity contribution < 1.29 is 14.7 Å². The predicted molar refractivity (Wildman–Crippen MR) is 118 cm³/mol. The number of carbonyl (C=O) groups excluding carboxylic acids is 1. The second kappa shape index (κ2) is 8.61. The van der Waals surface area contributed by atoms with Crippen molar-refractivity contribution in [2.75, 3.05) is 10.6 Å². The standard InChI is InChI=1S/C22H20ClN5O3/c1-13-2-4-15(5-3-13)18-12-17(14-6-8-16(23)9-7-14)24-22-26-21(27-28(18)22)25-19(29)10-11-20(30)31/h2-9,12,18H,10-11H2,1H3,(H,30,31)(H2,24,25,26,27,29). The van der Waals surface area contributed by atoms with Gasteiger partial charge in [-0.1, -0.05) is 53.6 Å². The number of aryl methyl sites for hydroxylation is 1. The summed E-state index contributed by atoms with van der Waals surface area (Å²) in [5.41, 5.74) is 3.92. The summed E-state index contributed by atoms with van der Waals surface area (Å²) in [6.07, 6.45) is 1.62. The van der Waals surface area contributed by atoms with Gasteiger partial charge in [0.25, 0.3) is 5.95 Å². The maximum Gasteiger partial charge on any atom is 0.303 e. The van der Waals surface area contributed by atoms with E-state index in [9.17, 15) is 9.59 Å². The molecule has 0 aliphatic carbocycles. The van der Waals surface area contributed by atoms with Gasteiger partial charge in [0.2, 0.25) is 11.9 Å². The van der Waals surface area contributed by atoms with E-state index in [1.165, 1.54) is 0 Å². The van der Waals surface area contributed by atoms with Crippen LogP contribution >= 0.6 is 11.6 Å². The SMILES string of the molecule is Cc1ccc(C2C=C(c3ccc(Cl)cc3)Nc3nc(NC(=O)CCC(=O)O)nn32)cc1. The minimum absolute atomic E-state index is 0.112. The lowest BCUT2D eigenvalue weighted by molar-refractivity contribution is -0.138. The highest BCUT2D eigenvalue weighted by atomic mass is 35.5.